The van der Waals surface area contributed by atoms with Crippen LogP contribution in [-0.4, -0.2) is 29.1 Å². The van der Waals surface area contributed by atoms with Crippen LogP contribution in [-0.2, 0) is 0 Å². The summed E-state index contributed by atoms with van der Waals surface area (Å²) in [5.41, 5.74) is 16.7. The van der Waals surface area contributed by atoms with Crippen LogP contribution < -0.4 is 0 Å². The summed E-state index contributed by atoms with van der Waals surface area (Å²) >= 11 is 0. The van der Waals surface area contributed by atoms with Gasteiger partial charge >= 0.3 is 0 Å². The minimum absolute atomic E-state index is 0.880. The summed E-state index contributed by atoms with van der Waals surface area (Å²) in [5.74, 6) is 0. The summed E-state index contributed by atoms with van der Waals surface area (Å²) in [7, 11) is 0. The fourth-order valence-corrected chi connectivity index (χ4v) is 12.5. The van der Waals surface area contributed by atoms with Gasteiger partial charge in [0.05, 0.1) is 68.3 Å². The molecule has 0 fully saturated rings. The predicted octanol–water partition coefficient (Wildman–Crippen LogP) is 17.9. The lowest BCUT2D eigenvalue weighted by molar-refractivity contribution is 1.12. The van der Waals surface area contributed by atoms with Crippen molar-refractivity contribution in [3.05, 3.63) is 255 Å². The van der Waals surface area contributed by atoms with E-state index in [2.05, 4.69) is 228 Å². The molecule has 0 radical (unpaired) electrons. The van der Waals surface area contributed by atoms with E-state index in [4.69, 9.17) is 19.9 Å². The Balaban J connectivity index is 1.17. The molecule has 352 valence electrons. The van der Waals surface area contributed by atoms with Gasteiger partial charge in [-0.2, -0.15) is 0 Å². The van der Waals surface area contributed by atoms with Crippen LogP contribution in [0.4, 0.5) is 0 Å². The maximum absolute atomic E-state index is 5.30. The second-order valence-electron chi connectivity index (χ2n) is 19.7. The van der Waals surface area contributed by atoms with E-state index >= 15 is 0 Å². The quantitative estimate of drug-likeness (QED) is 0.156. The summed E-state index contributed by atoms with van der Waals surface area (Å²) in [6, 6.07) is 83.4. The maximum atomic E-state index is 5.30. The van der Waals surface area contributed by atoms with E-state index in [1.807, 2.05) is 36.9 Å². The molecule has 0 spiro atoms. The van der Waals surface area contributed by atoms with Gasteiger partial charge in [-0.25, -0.2) is 0 Å². The summed E-state index contributed by atoms with van der Waals surface area (Å²) in [4.78, 5) is 20.2. The van der Waals surface area contributed by atoms with Crippen LogP contribution >= 0.6 is 0 Å². The molecule has 6 nitrogen and oxygen atoms in total. The normalized spacial score (nSPS) is 11.9. The minimum Gasteiger partial charge on any atom is -0.306 e. The molecule has 0 atom stereocenters. The average Bonchev–Trinajstić information content (AvgIpc) is 4.12. The van der Waals surface area contributed by atoms with Crippen molar-refractivity contribution in [1.82, 2.24) is 29.1 Å². The van der Waals surface area contributed by atoms with E-state index in [1.165, 1.54) is 21.5 Å². The van der Waals surface area contributed by atoms with Crippen LogP contribution in [0.25, 0.3) is 154 Å². The number of hydrogen-bond donors (Lipinski definition) is 0. The zero-order valence-electron chi connectivity index (χ0n) is 40.9. The van der Waals surface area contributed by atoms with E-state index in [9.17, 15) is 0 Å². The monoisotopic (exact) mass is 966 g/mol. The van der Waals surface area contributed by atoms with Crippen LogP contribution in [0.3, 0.4) is 0 Å². The number of benzene rings is 10. The molecule has 6 heterocycles. The smallest absolute Gasteiger partial charge is 0.0966 e. The van der Waals surface area contributed by atoms with Crippen molar-refractivity contribution in [2.75, 3.05) is 0 Å². The van der Waals surface area contributed by atoms with Crippen LogP contribution in [0.5, 0.6) is 0 Å². The van der Waals surface area contributed by atoms with E-state index in [-0.39, 0.29) is 0 Å². The van der Waals surface area contributed by atoms with Crippen molar-refractivity contribution >= 4 is 97.7 Å². The van der Waals surface area contributed by atoms with Gasteiger partial charge in [-0.1, -0.05) is 206 Å². The van der Waals surface area contributed by atoms with Gasteiger partial charge < -0.3 is 9.13 Å². The second-order valence-corrected chi connectivity index (χ2v) is 19.7. The largest absolute Gasteiger partial charge is 0.306 e. The molecule has 0 aliphatic rings. The van der Waals surface area contributed by atoms with Crippen molar-refractivity contribution in [3.8, 4) is 56.1 Å². The maximum Gasteiger partial charge on any atom is 0.0966 e. The van der Waals surface area contributed by atoms with Gasteiger partial charge in [-0.15, -0.1) is 0 Å². The Morgan fingerprint density at radius 1 is 0.263 bits per heavy atom. The first-order valence-corrected chi connectivity index (χ1v) is 25.8. The molecular formula is C70H42N6. The molecule has 10 aromatic carbocycles. The molecule has 0 bridgehead atoms. The summed E-state index contributed by atoms with van der Waals surface area (Å²) < 4.78 is 5.00. The van der Waals surface area contributed by atoms with Crippen LogP contribution in [0, 0.1) is 0 Å². The topological polar surface area (TPSA) is 61.4 Å². The number of fused-ring (bicyclic) bond motifs is 17. The Bertz CT molecular complexity index is 4710. The molecule has 0 saturated heterocycles. The predicted molar refractivity (Wildman–Crippen MR) is 316 cm³/mol. The SMILES string of the molecule is c1ccc(-c2c(-c3ccccc3)n(-c3cnc4c(ccc5cccnc54)c3)c3c4ccccc4c4c5c(-c6ccccc6)c(-c6ccccc6)n(-c6cnc7c(ccc8cccnc87)c6)c5c5ccccc5c4c23)cc1. The Kier molecular flexibility index (Phi) is 9.23. The van der Waals surface area contributed by atoms with Crippen molar-refractivity contribution < 1.29 is 0 Å². The Morgan fingerprint density at radius 3 is 1.01 bits per heavy atom. The highest BCUT2D eigenvalue weighted by molar-refractivity contribution is 6.43. The first-order valence-electron chi connectivity index (χ1n) is 25.8. The van der Waals surface area contributed by atoms with Gasteiger partial charge in [0.25, 0.3) is 0 Å². The molecule has 6 aromatic heterocycles. The minimum atomic E-state index is 0.880. The third-order valence-corrected chi connectivity index (χ3v) is 15.5. The number of aromatic nitrogens is 6. The third-order valence-electron chi connectivity index (χ3n) is 15.5. The molecule has 0 N–H and O–H groups in total. The Labute approximate surface area is 436 Å². The third kappa shape index (κ3) is 6.16. The highest BCUT2D eigenvalue weighted by Crippen LogP contribution is 2.55. The zero-order chi connectivity index (χ0) is 49.8. The zero-order valence-corrected chi connectivity index (χ0v) is 40.9. The van der Waals surface area contributed by atoms with Crippen molar-refractivity contribution in [2.45, 2.75) is 0 Å². The Hall–Kier alpha value is -10.3. The van der Waals surface area contributed by atoms with Gasteiger partial charge in [0.2, 0.25) is 0 Å². The van der Waals surface area contributed by atoms with E-state index < -0.39 is 0 Å². The molecular weight excluding hydrogens is 925 g/mol. The molecule has 0 aliphatic heterocycles. The standard InChI is InChI=1S/C70H42N6/c1-5-19-43(20-6-1)57-61-59-53-29-13-16-32-56(53)70-62(58(44-21-7-2-8-22-44)68(48-25-11-4-12-26-48)76(70)52-40-50-36-34-46-28-18-38-72-64(46)66(50)74-42-52)60(59)54-30-14-15-31-55(54)69(61)75(67(57)47-23-9-3-10-24-47)51-39-49-35-33-45-27-17-37-71-63(45)65(49)73-41-51/h1-42H. The molecule has 16 rings (SSSR count). The lowest BCUT2D eigenvalue weighted by Crippen LogP contribution is -2.00. The van der Waals surface area contributed by atoms with Gasteiger partial charge in [-0.3, -0.25) is 19.9 Å². The number of pyridine rings is 4. The molecule has 0 aliphatic carbocycles. The molecule has 0 saturated carbocycles. The van der Waals surface area contributed by atoms with Crippen molar-refractivity contribution in [2.24, 2.45) is 0 Å². The first kappa shape index (κ1) is 42.2. The van der Waals surface area contributed by atoms with Crippen LogP contribution in [0.15, 0.2) is 255 Å². The number of nitrogens with zero attached hydrogens (tertiary/aromatic N) is 6. The summed E-state index contributed by atoms with van der Waals surface area (Å²) in [5, 5.41) is 13.5. The van der Waals surface area contributed by atoms with Crippen molar-refractivity contribution in [3.63, 3.8) is 0 Å². The molecule has 0 unspecified atom stereocenters. The van der Waals surface area contributed by atoms with Crippen LogP contribution in [0.1, 0.15) is 0 Å². The van der Waals surface area contributed by atoms with Gasteiger partial charge in [-0.05, 0) is 57.3 Å². The highest BCUT2D eigenvalue weighted by atomic mass is 15.0. The summed E-state index contributed by atoms with van der Waals surface area (Å²) in [6.07, 6.45) is 7.81. The Morgan fingerprint density at radius 2 is 0.605 bits per heavy atom. The average molecular weight is 967 g/mol. The molecule has 76 heavy (non-hydrogen) atoms. The second kappa shape index (κ2) is 16.6. The highest BCUT2D eigenvalue weighted by Gasteiger charge is 2.32. The van der Waals surface area contributed by atoms with Crippen LogP contribution in [0.2, 0.25) is 0 Å². The van der Waals surface area contributed by atoms with E-state index in [1.54, 1.807) is 0 Å². The first-order chi connectivity index (χ1) is 37.8. The molecule has 16 aromatic rings. The lowest BCUT2D eigenvalue weighted by Gasteiger charge is -2.17. The fraction of sp³-hybridized carbons (Fsp3) is 0. The van der Waals surface area contributed by atoms with E-state index in [0.29, 0.717) is 0 Å². The van der Waals surface area contributed by atoms with E-state index in [0.717, 1.165) is 132 Å². The molecule has 0 amide bonds. The van der Waals surface area contributed by atoms with Gasteiger partial charge in [0.1, 0.15) is 0 Å². The van der Waals surface area contributed by atoms with Gasteiger partial charge in [0, 0.05) is 77.4 Å². The number of hydrogen-bond acceptors (Lipinski definition) is 4. The fourth-order valence-electron chi connectivity index (χ4n) is 12.5. The van der Waals surface area contributed by atoms with Crippen molar-refractivity contribution in [1.29, 1.82) is 0 Å². The molecule has 6 heteroatoms. The number of rotatable bonds is 6. The summed E-state index contributed by atoms with van der Waals surface area (Å²) in [6.45, 7) is 0. The van der Waals surface area contributed by atoms with Gasteiger partial charge in [0.15, 0.2) is 0 Å². The lowest BCUT2D eigenvalue weighted by atomic mass is 9.86.